The first-order valence-electron chi connectivity index (χ1n) is 19.5. The van der Waals surface area contributed by atoms with E-state index in [1.165, 1.54) is 41.7 Å². The minimum atomic E-state index is -5.02. The number of ether oxygens (including phenoxy) is 2. The number of hydrogen-bond donors (Lipinski definition) is 3. The van der Waals surface area contributed by atoms with Crippen molar-refractivity contribution in [3.05, 3.63) is 71.0 Å². The molecule has 60 heavy (non-hydrogen) atoms. The third kappa shape index (κ3) is 8.35. The zero-order valence-corrected chi connectivity index (χ0v) is 33.7. The number of halogens is 4. The molecule has 20 heteroatoms. The molecule has 3 fully saturated rings. The summed E-state index contributed by atoms with van der Waals surface area (Å²) in [6, 6.07) is 4.80. The van der Waals surface area contributed by atoms with Crippen molar-refractivity contribution in [3.8, 4) is 11.6 Å². The first-order chi connectivity index (χ1) is 28.4. The van der Waals surface area contributed by atoms with Crippen LogP contribution in [0.5, 0.6) is 11.6 Å². The molecular formula is C40H40F4N6O8S2. The molecule has 5 atom stereocenters. The van der Waals surface area contributed by atoms with Gasteiger partial charge in [0.25, 0.3) is 11.8 Å². The van der Waals surface area contributed by atoms with E-state index >= 15 is 0 Å². The fourth-order valence-electron chi connectivity index (χ4n) is 7.88. The van der Waals surface area contributed by atoms with Crippen LogP contribution in [-0.2, 0) is 24.4 Å². The molecule has 4 aliphatic rings. The second kappa shape index (κ2) is 15.6. The molecule has 8 rings (SSSR count). The Morgan fingerprint density at radius 2 is 1.83 bits per heavy atom. The van der Waals surface area contributed by atoms with E-state index in [2.05, 4.69) is 30.1 Å². The Labute approximate surface area is 345 Å². The van der Waals surface area contributed by atoms with E-state index in [0.29, 0.717) is 49.3 Å². The molecule has 2 aliphatic carbocycles. The first kappa shape index (κ1) is 41.4. The molecule has 2 aliphatic heterocycles. The molecule has 318 valence electrons. The lowest BCUT2D eigenvalue weighted by molar-refractivity contribution is -0.274. The second-order valence-electron chi connectivity index (χ2n) is 15.9. The van der Waals surface area contributed by atoms with E-state index in [4.69, 9.17) is 4.74 Å². The van der Waals surface area contributed by atoms with Crippen LogP contribution in [0.3, 0.4) is 0 Å². The molecule has 2 aromatic carbocycles. The van der Waals surface area contributed by atoms with Crippen LogP contribution >= 0.6 is 11.3 Å². The maximum atomic E-state index is 14.6. The van der Waals surface area contributed by atoms with Gasteiger partial charge in [-0.15, -0.1) is 24.5 Å². The predicted octanol–water partition coefficient (Wildman–Crippen LogP) is 5.42. The summed E-state index contributed by atoms with van der Waals surface area (Å²) in [6.07, 6.45) is 2.28. The lowest BCUT2D eigenvalue weighted by atomic mass is 10.0. The van der Waals surface area contributed by atoms with Crippen LogP contribution in [0.2, 0.25) is 0 Å². The molecule has 0 radical (unpaired) electrons. The van der Waals surface area contributed by atoms with Crippen LogP contribution in [0.15, 0.2) is 60.3 Å². The normalized spacial score (nSPS) is 26.2. The molecule has 4 aromatic rings. The Hall–Kier alpha value is -5.37. The lowest BCUT2D eigenvalue weighted by Gasteiger charge is -2.30. The Morgan fingerprint density at radius 1 is 1.05 bits per heavy atom. The minimum absolute atomic E-state index is 0.0691. The van der Waals surface area contributed by atoms with Crippen LogP contribution in [-0.4, -0.2) is 88.3 Å². The number of carbonyl (C=O) groups excluding carboxylic acids is 4. The molecular weight excluding hydrogens is 833 g/mol. The van der Waals surface area contributed by atoms with Gasteiger partial charge in [0.15, 0.2) is 0 Å². The first-order valence-corrected chi connectivity index (χ1v) is 21.8. The number of sulfonamides is 1. The standard InChI is InChI=1S/C40H40F4N6O8S2/c1-38(13-14-38)60(55,56)49-37(54)39-18-22(39)7-5-3-2-4-6-8-29(46-34(52)32-19-45-21-59-32)36(53)50-20-25(17-31(50)33(51)48-39)57-35-28-16-24(58-40(42,43)44)10-12-26(28)27-11-9-23(41)15-30(27)47-35/h5,7,9-12,15-16,19,21-22,25,29,31H,2-4,6,8,13-14,17-18,20H2,1H3,(H,46,52)(H,48,51)(H,49,54)/b7-5-/t22-,25-,29+,31+,39-/m1/s1. The number of alkyl halides is 3. The fourth-order valence-corrected chi connectivity index (χ4v) is 9.71. The Balaban J connectivity index is 1.15. The summed E-state index contributed by atoms with van der Waals surface area (Å²) < 4.78 is 92.4. The van der Waals surface area contributed by atoms with Crippen LogP contribution in [0, 0.1) is 11.7 Å². The number of rotatable bonds is 8. The summed E-state index contributed by atoms with van der Waals surface area (Å²) in [5.41, 5.74) is -0.0759. The number of allylic oxidation sites excluding steroid dienone is 1. The number of carbonyl (C=O) groups is 4. The van der Waals surface area contributed by atoms with Crippen molar-refractivity contribution < 1.29 is 54.6 Å². The van der Waals surface area contributed by atoms with E-state index in [9.17, 15) is 45.2 Å². The maximum absolute atomic E-state index is 14.6. The summed E-state index contributed by atoms with van der Waals surface area (Å²) in [5.74, 6) is -4.89. The van der Waals surface area contributed by atoms with E-state index in [1.807, 2.05) is 6.08 Å². The van der Waals surface area contributed by atoms with Gasteiger partial charge in [-0.1, -0.05) is 25.0 Å². The van der Waals surface area contributed by atoms with Crippen molar-refractivity contribution in [1.29, 1.82) is 0 Å². The number of pyridine rings is 1. The molecule has 1 saturated heterocycles. The van der Waals surface area contributed by atoms with Gasteiger partial charge in [-0.05, 0) is 81.2 Å². The summed E-state index contributed by atoms with van der Waals surface area (Å²) in [5, 5.41) is 6.40. The van der Waals surface area contributed by atoms with E-state index in [0.717, 1.165) is 29.5 Å². The number of aromatic nitrogens is 2. The van der Waals surface area contributed by atoms with Gasteiger partial charge < -0.3 is 25.0 Å². The van der Waals surface area contributed by atoms with E-state index < -0.39 is 86.0 Å². The third-order valence-electron chi connectivity index (χ3n) is 11.6. The zero-order valence-electron chi connectivity index (χ0n) is 32.1. The highest BCUT2D eigenvalue weighted by Crippen LogP contribution is 2.48. The van der Waals surface area contributed by atoms with Crippen molar-refractivity contribution in [1.82, 2.24) is 30.2 Å². The smallest absolute Gasteiger partial charge is 0.472 e. The number of thiazole rings is 1. The quantitative estimate of drug-likeness (QED) is 0.117. The molecule has 0 bridgehead atoms. The zero-order chi connectivity index (χ0) is 42.6. The van der Waals surface area contributed by atoms with Crippen molar-refractivity contribution in [2.45, 2.75) is 99.5 Å². The van der Waals surface area contributed by atoms with Crippen molar-refractivity contribution in [3.63, 3.8) is 0 Å². The molecule has 0 spiro atoms. The van der Waals surface area contributed by atoms with Gasteiger partial charge in [-0.3, -0.25) is 28.9 Å². The lowest BCUT2D eigenvalue weighted by Crippen LogP contribution is -2.58. The molecule has 3 N–H and O–H groups in total. The fraction of sp³-hybridized carbons (Fsp3) is 0.450. The monoisotopic (exact) mass is 872 g/mol. The molecule has 4 amide bonds. The SMILES string of the molecule is CC1(S(=O)(=O)NC(=O)[C@@]23C[C@H]2/C=C\CCCCC[C@H](NC(=O)c2cncs2)C(=O)N2C[C@H](Oc4nc5cc(F)ccc5c5ccc(OC(F)(F)F)cc45)C[C@H]2C(=O)N3)CC1. The van der Waals surface area contributed by atoms with Gasteiger partial charge in [0.2, 0.25) is 27.7 Å². The largest absolute Gasteiger partial charge is 0.573 e. The summed E-state index contributed by atoms with van der Waals surface area (Å²) >= 11 is 1.07. The van der Waals surface area contributed by atoms with Gasteiger partial charge >= 0.3 is 6.36 Å². The molecule has 14 nitrogen and oxygen atoms in total. The Bertz CT molecular complexity index is 2520. The molecule has 2 saturated carbocycles. The number of hydrogen-bond acceptors (Lipinski definition) is 11. The molecule has 2 aromatic heterocycles. The van der Waals surface area contributed by atoms with Crippen LogP contribution in [0.4, 0.5) is 17.6 Å². The van der Waals surface area contributed by atoms with Crippen molar-refractivity contribution in [2.24, 2.45) is 5.92 Å². The highest BCUT2D eigenvalue weighted by molar-refractivity contribution is 7.91. The average molecular weight is 873 g/mol. The highest BCUT2D eigenvalue weighted by atomic mass is 32.2. The predicted molar refractivity (Wildman–Crippen MR) is 210 cm³/mol. The summed E-state index contributed by atoms with van der Waals surface area (Å²) in [6.45, 7) is 1.25. The van der Waals surface area contributed by atoms with E-state index in [-0.39, 0.29) is 47.5 Å². The molecule has 0 unspecified atom stereocenters. The van der Waals surface area contributed by atoms with Crippen molar-refractivity contribution in [2.75, 3.05) is 6.54 Å². The highest BCUT2D eigenvalue weighted by Gasteiger charge is 2.63. The number of amides is 4. The van der Waals surface area contributed by atoms with Gasteiger partial charge in [0.1, 0.15) is 40.2 Å². The second-order valence-corrected chi connectivity index (χ2v) is 19.0. The Morgan fingerprint density at radius 3 is 2.57 bits per heavy atom. The third-order valence-corrected chi connectivity index (χ3v) is 14.6. The van der Waals surface area contributed by atoms with Crippen LogP contribution in [0.25, 0.3) is 21.7 Å². The number of nitrogens with zero attached hydrogens (tertiary/aromatic N) is 3. The number of fused-ring (bicyclic) bond motifs is 5. The van der Waals surface area contributed by atoms with E-state index in [1.54, 1.807) is 6.08 Å². The van der Waals surface area contributed by atoms with Gasteiger partial charge in [-0.2, -0.15) is 0 Å². The Kier molecular flexibility index (Phi) is 10.7. The maximum Gasteiger partial charge on any atom is 0.573 e. The van der Waals surface area contributed by atoms with Crippen LogP contribution in [0.1, 0.15) is 74.4 Å². The summed E-state index contributed by atoms with van der Waals surface area (Å²) in [4.78, 5) is 66.2. The molecule has 4 heterocycles. The van der Waals surface area contributed by atoms with Crippen LogP contribution < -0.4 is 24.8 Å². The topological polar surface area (TPSA) is 186 Å². The number of nitrogens with one attached hydrogen (secondary N) is 3. The summed E-state index contributed by atoms with van der Waals surface area (Å²) in [7, 11) is -4.09. The van der Waals surface area contributed by atoms with Crippen molar-refractivity contribution >= 4 is 66.7 Å². The van der Waals surface area contributed by atoms with Gasteiger partial charge in [0, 0.05) is 29.2 Å². The average Bonchev–Trinajstić information content (AvgIpc) is 3.93. The van der Waals surface area contributed by atoms with Gasteiger partial charge in [-0.25, -0.2) is 17.8 Å². The number of benzene rings is 2. The minimum Gasteiger partial charge on any atom is -0.472 e. The van der Waals surface area contributed by atoms with Gasteiger partial charge in [0.05, 0.1) is 28.5 Å².